The second kappa shape index (κ2) is 13.3. The predicted octanol–water partition coefficient (Wildman–Crippen LogP) is 6.51. The van der Waals surface area contributed by atoms with Crippen LogP contribution >= 0.6 is 11.6 Å². The summed E-state index contributed by atoms with van der Waals surface area (Å²) in [6.45, 7) is 9.04. The van der Waals surface area contributed by atoms with Crippen LogP contribution < -0.4 is 15.4 Å². The number of hydrogen-bond acceptors (Lipinski definition) is 5. The van der Waals surface area contributed by atoms with E-state index >= 15 is 0 Å². The van der Waals surface area contributed by atoms with Crippen molar-refractivity contribution in [2.75, 3.05) is 12.0 Å². The molecule has 3 aromatic rings. The zero-order chi connectivity index (χ0) is 24.2. The maximum Gasteiger partial charge on any atom is 0.119 e. The molecule has 0 saturated carbocycles. The maximum atomic E-state index is 6.04. The second-order valence-electron chi connectivity index (χ2n) is 8.02. The average Bonchev–Trinajstić information content (AvgIpc) is 2.84. The van der Waals surface area contributed by atoms with E-state index in [4.69, 9.17) is 16.3 Å². The molecule has 176 valence electrons. The van der Waals surface area contributed by atoms with Gasteiger partial charge in [-0.2, -0.15) is 0 Å². The Morgan fingerprint density at radius 3 is 2.32 bits per heavy atom. The van der Waals surface area contributed by atoms with Crippen LogP contribution in [0, 0.1) is 0 Å². The highest BCUT2D eigenvalue weighted by atomic mass is 35.5. The van der Waals surface area contributed by atoms with Gasteiger partial charge in [-0.05, 0) is 68.1 Å². The third-order valence-electron chi connectivity index (χ3n) is 4.89. The van der Waals surface area contributed by atoms with Gasteiger partial charge >= 0.3 is 0 Å². The van der Waals surface area contributed by atoms with Crippen LogP contribution in [0.1, 0.15) is 25.0 Å². The molecular formula is C28H31ClN4O. The molecule has 6 heteroatoms. The number of nitrogens with one attached hydrogen (secondary N) is 2. The fourth-order valence-electron chi connectivity index (χ4n) is 3.25. The summed E-state index contributed by atoms with van der Waals surface area (Å²) in [5, 5.41) is 7.47. The molecule has 0 saturated heterocycles. The standard InChI is InChI=1S/C28H31ClN4O/c1-21(2)34-26-15-13-25(14-16-26)33-28(19-32-20-31-18-23-7-5-4-6-8-23)27(30-3)17-22-9-11-24(29)12-10-22/h4-16,19,21,31,33H,3,17-18,20H2,1-2H3/b28-27+,32-19-. The van der Waals surface area contributed by atoms with E-state index in [9.17, 15) is 0 Å². The summed E-state index contributed by atoms with van der Waals surface area (Å²) in [5.41, 5.74) is 4.78. The van der Waals surface area contributed by atoms with Crippen LogP contribution in [0.25, 0.3) is 0 Å². The van der Waals surface area contributed by atoms with Crippen molar-refractivity contribution in [1.82, 2.24) is 5.32 Å². The van der Waals surface area contributed by atoms with E-state index in [2.05, 4.69) is 39.5 Å². The van der Waals surface area contributed by atoms with Crippen LogP contribution in [0.2, 0.25) is 5.02 Å². The topological polar surface area (TPSA) is 58.0 Å². The minimum atomic E-state index is 0.126. The summed E-state index contributed by atoms with van der Waals surface area (Å²) in [7, 11) is 0. The van der Waals surface area contributed by atoms with Gasteiger partial charge in [0, 0.05) is 29.9 Å². The van der Waals surface area contributed by atoms with Crippen molar-refractivity contribution >= 4 is 30.2 Å². The van der Waals surface area contributed by atoms with Crippen molar-refractivity contribution in [3.63, 3.8) is 0 Å². The summed E-state index contributed by atoms with van der Waals surface area (Å²) >= 11 is 6.04. The first-order valence-electron chi connectivity index (χ1n) is 11.3. The van der Waals surface area contributed by atoms with Crippen LogP contribution in [-0.4, -0.2) is 25.7 Å². The van der Waals surface area contributed by atoms with Crippen LogP contribution in [0.4, 0.5) is 5.69 Å². The molecule has 0 heterocycles. The molecule has 5 nitrogen and oxygen atoms in total. The van der Waals surface area contributed by atoms with Gasteiger partial charge in [0.25, 0.3) is 0 Å². The lowest BCUT2D eigenvalue weighted by Gasteiger charge is -2.14. The van der Waals surface area contributed by atoms with E-state index in [1.807, 2.05) is 80.6 Å². The molecule has 0 unspecified atom stereocenters. The van der Waals surface area contributed by atoms with E-state index in [-0.39, 0.29) is 6.10 Å². The molecule has 0 aliphatic heterocycles. The number of halogens is 1. The van der Waals surface area contributed by atoms with Gasteiger partial charge in [-0.1, -0.05) is 54.1 Å². The Morgan fingerprint density at radius 2 is 1.68 bits per heavy atom. The molecule has 0 aliphatic rings. The highest BCUT2D eigenvalue weighted by Crippen LogP contribution is 2.21. The second-order valence-corrected chi connectivity index (χ2v) is 8.46. The number of allylic oxidation sites excluding steroid dienone is 2. The smallest absolute Gasteiger partial charge is 0.119 e. The average molecular weight is 475 g/mol. The van der Waals surface area contributed by atoms with E-state index in [1.165, 1.54) is 5.56 Å². The quantitative estimate of drug-likeness (QED) is 0.232. The number of rotatable bonds is 12. The third kappa shape index (κ3) is 8.50. The lowest BCUT2D eigenvalue weighted by atomic mass is 10.1. The van der Waals surface area contributed by atoms with E-state index in [1.54, 1.807) is 6.21 Å². The minimum absolute atomic E-state index is 0.126. The number of ether oxygens (including phenoxy) is 1. The number of nitrogens with zero attached hydrogens (tertiary/aromatic N) is 2. The van der Waals surface area contributed by atoms with Crippen molar-refractivity contribution < 1.29 is 4.74 Å². The molecular weight excluding hydrogens is 444 g/mol. The zero-order valence-electron chi connectivity index (χ0n) is 19.7. The molecule has 3 aromatic carbocycles. The van der Waals surface area contributed by atoms with Gasteiger partial charge < -0.3 is 10.1 Å². The first-order valence-corrected chi connectivity index (χ1v) is 11.6. The van der Waals surface area contributed by atoms with Gasteiger partial charge in [0.15, 0.2) is 0 Å². The van der Waals surface area contributed by atoms with Crippen molar-refractivity contribution in [1.29, 1.82) is 0 Å². The summed E-state index contributed by atoms with van der Waals surface area (Å²) in [6, 6.07) is 25.8. The van der Waals surface area contributed by atoms with Crippen LogP contribution in [0.3, 0.4) is 0 Å². The van der Waals surface area contributed by atoms with E-state index in [0.717, 1.165) is 34.9 Å². The molecule has 0 aliphatic carbocycles. The predicted molar refractivity (Wildman–Crippen MR) is 144 cm³/mol. The minimum Gasteiger partial charge on any atom is -0.491 e. The lowest BCUT2D eigenvalue weighted by molar-refractivity contribution is 0.242. The van der Waals surface area contributed by atoms with Crippen molar-refractivity contribution in [3.8, 4) is 5.75 Å². The summed E-state index contributed by atoms with van der Waals surface area (Å²) in [4.78, 5) is 8.88. The van der Waals surface area contributed by atoms with Crippen LogP contribution in [0.15, 0.2) is 100 Å². The lowest BCUT2D eigenvalue weighted by Crippen LogP contribution is -2.14. The zero-order valence-corrected chi connectivity index (χ0v) is 20.4. The molecule has 0 radical (unpaired) electrons. The molecule has 0 atom stereocenters. The van der Waals surface area contributed by atoms with E-state index in [0.29, 0.717) is 18.1 Å². The van der Waals surface area contributed by atoms with Gasteiger partial charge in [-0.15, -0.1) is 0 Å². The number of aliphatic imine (C=N–C) groups is 2. The van der Waals surface area contributed by atoms with E-state index < -0.39 is 0 Å². The highest BCUT2D eigenvalue weighted by molar-refractivity contribution is 6.30. The Kier molecular flexibility index (Phi) is 9.89. The van der Waals surface area contributed by atoms with Crippen LogP contribution in [-0.2, 0) is 13.0 Å². The SMILES string of the molecule is C=N/C(Cc1ccc(Cl)cc1)=C(\C=N/CNCc1ccccc1)Nc1ccc(OC(C)C)cc1. The monoisotopic (exact) mass is 474 g/mol. The van der Waals surface area contributed by atoms with Gasteiger partial charge in [0.05, 0.1) is 24.2 Å². The third-order valence-corrected chi connectivity index (χ3v) is 5.14. The summed E-state index contributed by atoms with van der Waals surface area (Å²) in [5.74, 6) is 0.827. The fraction of sp³-hybridized carbons (Fsp3) is 0.214. The van der Waals surface area contributed by atoms with Crippen molar-refractivity contribution in [3.05, 3.63) is 106 Å². The molecule has 0 fully saturated rings. The summed E-state index contributed by atoms with van der Waals surface area (Å²) < 4.78 is 5.75. The first kappa shape index (κ1) is 25.2. The molecule has 0 bridgehead atoms. The Hall–Kier alpha value is -3.41. The van der Waals surface area contributed by atoms with Crippen molar-refractivity contribution in [2.24, 2.45) is 9.98 Å². The van der Waals surface area contributed by atoms with Gasteiger partial charge in [0.1, 0.15) is 5.75 Å². The fourth-order valence-corrected chi connectivity index (χ4v) is 3.38. The molecule has 0 amide bonds. The Bertz CT molecular complexity index is 1090. The maximum absolute atomic E-state index is 6.04. The summed E-state index contributed by atoms with van der Waals surface area (Å²) in [6.07, 6.45) is 2.53. The van der Waals surface area contributed by atoms with Gasteiger partial charge in [-0.25, -0.2) is 0 Å². The Morgan fingerprint density at radius 1 is 0.971 bits per heavy atom. The Balaban J connectivity index is 1.75. The molecule has 0 spiro atoms. The Labute approximate surface area is 207 Å². The first-order chi connectivity index (χ1) is 16.5. The number of benzene rings is 3. The largest absolute Gasteiger partial charge is 0.491 e. The van der Waals surface area contributed by atoms with Gasteiger partial charge in [-0.3, -0.25) is 15.3 Å². The van der Waals surface area contributed by atoms with Gasteiger partial charge in [0.2, 0.25) is 0 Å². The molecule has 2 N–H and O–H groups in total. The highest BCUT2D eigenvalue weighted by Gasteiger charge is 2.07. The van der Waals surface area contributed by atoms with Crippen molar-refractivity contribution in [2.45, 2.75) is 32.9 Å². The van der Waals surface area contributed by atoms with Crippen LogP contribution in [0.5, 0.6) is 5.75 Å². The number of hydrogen-bond donors (Lipinski definition) is 2. The molecule has 3 rings (SSSR count). The normalized spacial score (nSPS) is 12.0. The molecule has 0 aromatic heterocycles. The number of anilines is 1. The molecule has 34 heavy (non-hydrogen) atoms.